The van der Waals surface area contributed by atoms with Gasteiger partial charge in [0.05, 0.1) is 0 Å². The molecule has 3 nitrogen and oxygen atoms in total. The van der Waals surface area contributed by atoms with Gasteiger partial charge in [-0.15, -0.1) is 0 Å². The fourth-order valence-electron chi connectivity index (χ4n) is 1.12. The largest absolute Gasteiger partial charge is 0.326 e. The molecule has 1 aromatic heterocycles. The van der Waals surface area contributed by atoms with Crippen molar-refractivity contribution in [3.8, 4) is 0 Å². The first-order valence-corrected chi connectivity index (χ1v) is 5.13. The van der Waals surface area contributed by atoms with Gasteiger partial charge in [0.15, 0.2) is 0 Å². The second-order valence-corrected chi connectivity index (χ2v) is 2.84. The number of likely N-dealkylation sites (N-methyl/N-ethyl adjacent to an activating group) is 1. The van der Waals surface area contributed by atoms with Crippen LogP contribution >= 0.6 is 0 Å². The smallest absolute Gasteiger partial charge is 0.0419 e. The molecule has 1 rings (SSSR count). The first-order chi connectivity index (χ1) is 6.83. The predicted octanol–water partition coefficient (Wildman–Crippen LogP) is 1.20. The van der Waals surface area contributed by atoms with Gasteiger partial charge in [-0.2, -0.15) is 0 Å². The topological polar surface area (TPSA) is 50.9 Å². The van der Waals surface area contributed by atoms with Crippen molar-refractivity contribution in [2.75, 3.05) is 13.6 Å². The second kappa shape index (κ2) is 8.66. The number of hydrogen-bond donors (Lipinski definition) is 2. The Hall–Kier alpha value is -0.930. The van der Waals surface area contributed by atoms with Crippen LogP contribution in [0.3, 0.4) is 0 Å². The van der Waals surface area contributed by atoms with Crippen molar-refractivity contribution in [2.45, 2.75) is 26.3 Å². The number of aromatic nitrogens is 1. The SMILES string of the molecule is CC.CNCC(N)Cc1ccccn1. The van der Waals surface area contributed by atoms with E-state index in [1.165, 1.54) is 0 Å². The normalized spacial score (nSPS) is 11.4. The Morgan fingerprint density at radius 1 is 1.43 bits per heavy atom. The maximum atomic E-state index is 5.81. The average Bonchev–Trinajstić information content (AvgIpc) is 2.22. The molecule has 3 N–H and O–H groups in total. The van der Waals surface area contributed by atoms with Crippen molar-refractivity contribution in [2.24, 2.45) is 5.73 Å². The van der Waals surface area contributed by atoms with E-state index in [2.05, 4.69) is 10.3 Å². The monoisotopic (exact) mass is 195 g/mol. The standard InChI is InChI=1S/C9H15N3.C2H6/c1-11-7-8(10)6-9-4-2-3-5-12-9;1-2/h2-5,8,11H,6-7,10H2,1H3;1-2H3. The Bertz CT molecular complexity index is 211. The Labute approximate surface area is 86.7 Å². The molecule has 0 aromatic carbocycles. The lowest BCUT2D eigenvalue weighted by Crippen LogP contribution is -2.33. The molecule has 1 heterocycles. The summed E-state index contributed by atoms with van der Waals surface area (Å²) in [5.74, 6) is 0. The molecule has 0 saturated carbocycles. The Morgan fingerprint density at radius 2 is 2.14 bits per heavy atom. The van der Waals surface area contributed by atoms with Crippen LogP contribution in [0.2, 0.25) is 0 Å². The van der Waals surface area contributed by atoms with E-state index < -0.39 is 0 Å². The molecule has 0 aliphatic rings. The summed E-state index contributed by atoms with van der Waals surface area (Å²) in [5, 5.41) is 3.03. The lowest BCUT2D eigenvalue weighted by molar-refractivity contribution is 0.609. The number of nitrogens with one attached hydrogen (secondary N) is 1. The first-order valence-electron chi connectivity index (χ1n) is 5.13. The Kier molecular flexibility index (Phi) is 8.08. The molecule has 1 aromatic rings. The van der Waals surface area contributed by atoms with Gasteiger partial charge in [-0.05, 0) is 19.2 Å². The van der Waals surface area contributed by atoms with Gasteiger partial charge in [-0.3, -0.25) is 4.98 Å². The van der Waals surface area contributed by atoms with Crippen LogP contribution in [0.15, 0.2) is 24.4 Å². The fraction of sp³-hybridized carbons (Fsp3) is 0.545. The zero-order valence-electron chi connectivity index (χ0n) is 9.33. The van der Waals surface area contributed by atoms with Gasteiger partial charge in [-0.25, -0.2) is 0 Å². The van der Waals surface area contributed by atoms with E-state index in [4.69, 9.17) is 5.73 Å². The van der Waals surface area contributed by atoms with E-state index >= 15 is 0 Å². The van der Waals surface area contributed by atoms with E-state index in [1.54, 1.807) is 6.20 Å². The summed E-state index contributed by atoms with van der Waals surface area (Å²) in [7, 11) is 1.90. The number of pyridine rings is 1. The zero-order chi connectivity index (χ0) is 10.8. The Morgan fingerprint density at radius 3 is 2.64 bits per heavy atom. The third kappa shape index (κ3) is 5.67. The van der Waals surface area contributed by atoms with Crippen LogP contribution in [0.25, 0.3) is 0 Å². The van der Waals surface area contributed by atoms with Gasteiger partial charge < -0.3 is 11.1 Å². The van der Waals surface area contributed by atoms with Crippen LogP contribution in [0.1, 0.15) is 19.5 Å². The molecule has 0 spiro atoms. The van der Waals surface area contributed by atoms with Crippen molar-refractivity contribution in [3.05, 3.63) is 30.1 Å². The highest BCUT2D eigenvalue weighted by molar-refractivity contribution is 5.05. The van der Waals surface area contributed by atoms with Crippen LogP contribution < -0.4 is 11.1 Å². The van der Waals surface area contributed by atoms with Crippen molar-refractivity contribution < 1.29 is 0 Å². The van der Waals surface area contributed by atoms with Gasteiger partial charge >= 0.3 is 0 Å². The summed E-state index contributed by atoms with van der Waals surface area (Å²) >= 11 is 0. The molecule has 0 radical (unpaired) electrons. The molecule has 0 bridgehead atoms. The van der Waals surface area contributed by atoms with E-state index in [0.29, 0.717) is 0 Å². The third-order valence-electron chi connectivity index (χ3n) is 1.66. The summed E-state index contributed by atoms with van der Waals surface area (Å²) < 4.78 is 0. The number of nitrogens with two attached hydrogens (primary N) is 1. The first kappa shape index (κ1) is 13.1. The minimum atomic E-state index is 0.157. The van der Waals surface area contributed by atoms with E-state index in [-0.39, 0.29) is 6.04 Å². The predicted molar refractivity (Wildman–Crippen MR) is 61.2 cm³/mol. The van der Waals surface area contributed by atoms with Gasteiger partial charge in [0.2, 0.25) is 0 Å². The van der Waals surface area contributed by atoms with Crippen LogP contribution in [0.5, 0.6) is 0 Å². The molecule has 1 atom stereocenters. The number of nitrogens with zero attached hydrogens (tertiary/aromatic N) is 1. The maximum absolute atomic E-state index is 5.81. The molecular formula is C11H21N3. The molecule has 1 unspecified atom stereocenters. The van der Waals surface area contributed by atoms with Crippen molar-refractivity contribution >= 4 is 0 Å². The maximum Gasteiger partial charge on any atom is 0.0419 e. The van der Waals surface area contributed by atoms with Crippen molar-refractivity contribution in [1.82, 2.24) is 10.3 Å². The van der Waals surface area contributed by atoms with Crippen molar-refractivity contribution in [3.63, 3.8) is 0 Å². The van der Waals surface area contributed by atoms with Crippen LogP contribution in [-0.4, -0.2) is 24.6 Å². The lowest BCUT2D eigenvalue weighted by atomic mass is 10.1. The summed E-state index contributed by atoms with van der Waals surface area (Å²) in [6.07, 6.45) is 2.63. The molecule has 3 heteroatoms. The molecule has 0 amide bonds. The zero-order valence-corrected chi connectivity index (χ0v) is 9.33. The molecule has 80 valence electrons. The van der Waals surface area contributed by atoms with Gasteiger partial charge in [0, 0.05) is 30.9 Å². The average molecular weight is 195 g/mol. The Balaban J connectivity index is 0.000000791. The van der Waals surface area contributed by atoms with Gasteiger partial charge in [0.1, 0.15) is 0 Å². The second-order valence-electron chi connectivity index (χ2n) is 2.84. The van der Waals surface area contributed by atoms with Crippen molar-refractivity contribution in [1.29, 1.82) is 0 Å². The molecule has 0 fully saturated rings. The molecule has 0 saturated heterocycles. The lowest BCUT2D eigenvalue weighted by Gasteiger charge is -2.09. The number of rotatable bonds is 4. The highest BCUT2D eigenvalue weighted by Crippen LogP contribution is 1.96. The summed E-state index contributed by atoms with van der Waals surface area (Å²) in [5.41, 5.74) is 6.87. The minimum absolute atomic E-state index is 0.157. The van der Waals surface area contributed by atoms with E-state index in [0.717, 1.165) is 18.7 Å². The molecule has 0 aliphatic heterocycles. The number of hydrogen-bond acceptors (Lipinski definition) is 3. The highest BCUT2D eigenvalue weighted by atomic mass is 14.9. The highest BCUT2D eigenvalue weighted by Gasteiger charge is 2.02. The third-order valence-corrected chi connectivity index (χ3v) is 1.66. The van der Waals surface area contributed by atoms with E-state index in [9.17, 15) is 0 Å². The molecular weight excluding hydrogens is 174 g/mol. The summed E-state index contributed by atoms with van der Waals surface area (Å²) in [4.78, 5) is 4.19. The van der Waals surface area contributed by atoms with E-state index in [1.807, 2.05) is 39.1 Å². The van der Waals surface area contributed by atoms with Gasteiger partial charge in [-0.1, -0.05) is 19.9 Å². The van der Waals surface area contributed by atoms with Crippen LogP contribution in [0, 0.1) is 0 Å². The fourth-order valence-corrected chi connectivity index (χ4v) is 1.12. The summed E-state index contributed by atoms with van der Waals surface area (Å²) in [6, 6.07) is 6.04. The van der Waals surface area contributed by atoms with Gasteiger partial charge in [0.25, 0.3) is 0 Å². The van der Waals surface area contributed by atoms with Crippen LogP contribution in [0.4, 0.5) is 0 Å². The van der Waals surface area contributed by atoms with Crippen LogP contribution in [-0.2, 0) is 6.42 Å². The quantitative estimate of drug-likeness (QED) is 0.759. The molecule has 0 aliphatic carbocycles. The molecule has 14 heavy (non-hydrogen) atoms. The minimum Gasteiger partial charge on any atom is -0.326 e. The summed E-state index contributed by atoms with van der Waals surface area (Å²) in [6.45, 7) is 4.83.